The van der Waals surface area contributed by atoms with Crippen molar-refractivity contribution in [2.24, 2.45) is 0 Å². The highest BCUT2D eigenvalue weighted by molar-refractivity contribution is 5.95. The van der Waals surface area contributed by atoms with Gasteiger partial charge in [-0.3, -0.25) is 35.9 Å². The van der Waals surface area contributed by atoms with Gasteiger partial charge >= 0.3 is 5.69 Å². The van der Waals surface area contributed by atoms with Crippen LogP contribution in [0.1, 0.15) is 15.9 Å². The van der Waals surface area contributed by atoms with Crippen LogP contribution in [0.5, 0.6) is 0 Å². The molecule has 2 aromatic heterocycles. The Hall–Kier alpha value is -4.68. The second-order valence-electron chi connectivity index (χ2n) is 5.90. The number of nitrogens with zero attached hydrogens (tertiary/aromatic N) is 5. The van der Waals surface area contributed by atoms with E-state index >= 15 is 0 Å². The van der Waals surface area contributed by atoms with Crippen molar-refractivity contribution in [3.05, 3.63) is 80.3 Å². The van der Waals surface area contributed by atoms with Gasteiger partial charge in [0.05, 0.1) is 9.85 Å². The molecule has 13 nitrogen and oxygen atoms in total. The van der Waals surface area contributed by atoms with E-state index in [0.29, 0.717) is 5.82 Å². The highest BCUT2D eigenvalue weighted by Gasteiger charge is 2.24. The number of nitro benzene ring substituents is 1. The van der Waals surface area contributed by atoms with Crippen LogP contribution in [0.3, 0.4) is 0 Å². The number of amides is 1. The molecule has 3 aromatic rings. The third-order valence-corrected chi connectivity index (χ3v) is 3.80. The summed E-state index contributed by atoms with van der Waals surface area (Å²) in [6.45, 7) is 1.84. The molecular formula is C17H14N8O5. The molecule has 0 saturated carbocycles. The van der Waals surface area contributed by atoms with Crippen LogP contribution in [0.2, 0.25) is 0 Å². The Morgan fingerprint density at radius 2 is 1.67 bits per heavy atom. The van der Waals surface area contributed by atoms with E-state index in [4.69, 9.17) is 0 Å². The quantitative estimate of drug-likeness (QED) is 0.387. The fourth-order valence-corrected chi connectivity index (χ4v) is 2.38. The number of hydrazine groups is 1. The van der Waals surface area contributed by atoms with Gasteiger partial charge in [0.15, 0.2) is 0 Å². The third kappa shape index (κ3) is 4.59. The molecule has 0 atom stereocenters. The Morgan fingerprint density at radius 1 is 0.967 bits per heavy atom. The minimum atomic E-state index is -0.710. The molecule has 3 N–H and O–H groups in total. The average molecular weight is 410 g/mol. The van der Waals surface area contributed by atoms with E-state index in [0.717, 1.165) is 11.9 Å². The SMILES string of the molecule is Cc1ccnc(Nc2ncnc(NNC(=O)c3ccc([N+](=O)[O-])cc3)c2[N+](=O)[O-])c1. The summed E-state index contributed by atoms with van der Waals surface area (Å²) in [6.07, 6.45) is 2.61. The molecule has 13 heteroatoms. The zero-order valence-corrected chi connectivity index (χ0v) is 15.4. The number of anilines is 3. The summed E-state index contributed by atoms with van der Waals surface area (Å²) in [6, 6.07) is 8.27. The van der Waals surface area contributed by atoms with Crippen molar-refractivity contribution in [3.8, 4) is 0 Å². The van der Waals surface area contributed by atoms with Gasteiger partial charge in [0.2, 0.25) is 11.6 Å². The summed E-state index contributed by atoms with van der Waals surface area (Å²) in [5, 5.41) is 25.0. The summed E-state index contributed by atoms with van der Waals surface area (Å²) in [4.78, 5) is 44.9. The van der Waals surface area contributed by atoms with Gasteiger partial charge in [-0.2, -0.15) is 0 Å². The predicted molar refractivity (Wildman–Crippen MR) is 105 cm³/mol. The van der Waals surface area contributed by atoms with E-state index in [1.54, 1.807) is 12.1 Å². The fourth-order valence-electron chi connectivity index (χ4n) is 2.38. The van der Waals surface area contributed by atoms with Crippen LogP contribution in [0, 0.1) is 27.2 Å². The topological polar surface area (TPSA) is 178 Å². The first-order valence-electron chi connectivity index (χ1n) is 8.35. The summed E-state index contributed by atoms with van der Waals surface area (Å²) in [5.41, 5.74) is 4.95. The lowest BCUT2D eigenvalue weighted by Gasteiger charge is -2.11. The summed E-state index contributed by atoms with van der Waals surface area (Å²) in [7, 11) is 0. The number of hydrogen-bond donors (Lipinski definition) is 3. The zero-order valence-electron chi connectivity index (χ0n) is 15.4. The Kier molecular flexibility index (Phi) is 5.72. The van der Waals surface area contributed by atoms with Gasteiger partial charge in [-0.05, 0) is 36.8 Å². The van der Waals surface area contributed by atoms with Gasteiger partial charge in [-0.25, -0.2) is 15.0 Å². The van der Waals surface area contributed by atoms with Crippen molar-refractivity contribution in [2.75, 3.05) is 10.7 Å². The van der Waals surface area contributed by atoms with E-state index in [2.05, 4.69) is 31.1 Å². The van der Waals surface area contributed by atoms with E-state index in [-0.39, 0.29) is 22.9 Å². The van der Waals surface area contributed by atoms with Crippen LogP contribution in [0.15, 0.2) is 48.9 Å². The Morgan fingerprint density at radius 3 is 2.30 bits per heavy atom. The molecule has 0 radical (unpaired) electrons. The van der Waals surface area contributed by atoms with Crippen molar-refractivity contribution in [1.82, 2.24) is 20.4 Å². The maximum atomic E-state index is 12.2. The molecule has 0 aliphatic carbocycles. The van der Waals surface area contributed by atoms with Crippen LogP contribution in [0.4, 0.5) is 28.8 Å². The van der Waals surface area contributed by atoms with Crippen molar-refractivity contribution in [3.63, 3.8) is 0 Å². The summed E-state index contributed by atoms with van der Waals surface area (Å²) in [5.74, 6) is -0.717. The van der Waals surface area contributed by atoms with Crippen LogP contribution in [-0.4, -0.2) is 30.7 Å². The van der Waals surface area contributed by atoms with Crippen LogP contribution in [0.25, 0.3) is 0 Å². The molecule has 152 valence electrons. The lowest BCUT2D eigenvalue weighted by atomic mass is 10.2. The first kappa shape index (κ1) is 20.1. The lowest BCUT2D eigenvalue weighted by molar-refractivity contribution is -0.384. The molecule has 0 saturated heterocycles. The first-order chi connectivity index (χ1) is 14.3. The number of nitrogens with one attached hydrogen (secondary N) is 3. The summed E-state index contributed by atoms with van der Waals surface area (Å²) < 4.78 is 0. The monoisotopic (exact) mass is 410 g/mol. The molecule has 1 aromatic carbocycles. The van der Waals surface area contributed by atoms with Gasteiger partial charge in [-0.15, -0.1) is 0 Å². The second-order valence-corrected chi connectivity index (χ2v) is 5.90. The molecule has 1 amide bonds. The minimum absolute atomic E-state index is 0.104. The van der Waals surface area contributed by atoms with Crippen LogP contribution >= 0.6 is 0 Å². The number of pyridine rings is 1. The maximum Gasteiger partial charge on any atom is 0.355 e. The average Bonchev–Trinajstić information content (AvgIpc) is 2.72. The largest absolute Gasteiger partial charge is 0.355 e. The normalized spacial score (nSPS) is 10.2. The molecule has 0 unspecified atom stereocenters. The third-order valence-electron chi connectivity index (χ3n) is 3.80. The molecule has 30 heavy (non-hydrogen) atoms. The maximum absolute atomic E-state index is 12.2. The van der Waals surface area contributed by atoms with Gasteiger partial charge < -0.3 is 5.32 Å². The highest BCUT2D eigenvalue weighted by atomic mass is 16.6. The molecule has 0 bridgehead atoms. The number of non-ortho nitro benzene ring substituents is 1. The molecule has 0 fully saturated rings. The lowest BCUT2D eigenvalue weighted by Crippen LogP contribution is -2.30. The molecule has 0 spiro atoms. The second kappa shape index (κ2) is 8.55. The molecule has 2 heterocycles. The van der Waals surface area contributed by atoms with Crippen molar-refractivity contribution in [1.29, 1.82) is 0 Å². The smallest absolute Gasteiger partial charge is 0.319 e. The van der Waals surface area contributed by atoms with E-state index in [1.807, 2.05) is 6.92 Å². The summed E-state index contributed by atoms with van der Waals surface area (Å²) >= 11 is 0. The van der Waals surface area contributed by atoms with E-state index in [9.17, 15) is 25.0 Å². The number of nitro groups is 2. The number of aromatic nitrogens is 3. The zero-order chi connectivity index (χ0) is 21.7. The van der Waals surface area contributed by atoms with Crippen molar-refractivity contribution < 1.29 is 14.6 Å². The number of carbonyl (C=O) groups excluding carboxylic acids is 1. The predicted octanol–water partition coefficient (Wildman–Crippen LogP) is 2.50. The number of carbonyl (C=O) groups is 1. The highest BCUT2D eigenvalue weighted by Crippen LogP contribution is 2.30. The first-order valence-corrected chi connectivity index (χ1v) is 8.35. The van der Waals surface area contributed by atoms with Crippen LogP contribution < -0.4 is 16.2 Å². The number of aryl methyl sites for hydroxylation is 1. The Labute approximate surface area is 168 Å². The van der Waals surface area contributed by atoms with Gasteiger partial charge in [0.1, 0.15) is 12.1 Å². The van der Waals surface area contributed by atoms with Crippen molar-refractivity contribution >= 4 is 34.7 Å². The molecule has 3 rings (SSSR count). The molecular weight excluding hydrogens is 396 g/mol. The Bertz CT molecular complexity index is 1120. The van der Waals surface area contributed by atoms with E-state index < -0.39 is 21.4 Å². The fraction of sp³-hybridized carbons (Fsp3) is 0.0588. The number of hydrogen-bond acceptors (Lipinski definition) is 10. The van der Waals surface area contributed by atoms with Gasteiger partial charge in [0, 0.05) is 23.9 Å². The standard InChI is InChI=1S/C17H14N8O5/c1-10-6-7-18-13(8-10)21-15-14(25(29)30)16(20-9-19-15)22-23-17(26)11-2-4-12(5-3-11)24(27)28/h2-9H,1H3,(H,23,26)(H2,18,19,20,21,22). The van der Waals surface area contributed by atoms with Crippen LogP contribution in [-0.2, 0) is 0 Å². The van der Waals surface area contributed by atoms with Gasteiger partial charge in [-0.1, -0.05) is 0 Å². The van der Waals surface area contributed by atoms with E-state index in [1.165, 1.54) is 30.5 Å². The van der Waals surface area contributed by atoms with Crippen molar-refractivity contribution in [2.45, 2.75) is 6.92 Å². The molecule has 0 aliphatic heterocycles. The Balaban J connectivity index is 1.79. The number of rotatable bonds is 7. The molecule has 0 aliphatic rings. The minimum Gasteiger partial charge on any atom is -0.319 e. The number of benzene rings is 1. The van der Waals surface area contributed by atoms with Gasteiger partial charge in [0.25, 0.3) is 11.6 Å².